The van der Waals surface area contributed by atoms with Gasteiger partial charge in [0.15, 0.2) is 0 Å². The number of benzene rings is 3. The number of halogens is 2. The molecule has 154 valence electrons. The Balaban J connectivity index is 1.38. The van der Waals surface area contributed by atoms with E-state index in [0.717, 1.165) is 15.6 Å². The Morgan fingerprint density at radius 1 is 0.935 bits per heavy atom. The van der Waals surface area contributed by atoms with Crippen molar-refractivity contribution >= 4 is 62.7 Å². The first-order valence-electron chi connectivity index (χ1n) is 9.09. The average Bonchev–Trinajstić information content (AvgIpc) is 3.12. The Kier molecular flexibility index (Phi) is 6.32. The molecule has 0 radical (unpaired) electrons. The molecule has 0 bridgehead atoms. The minimum Gasteiger partial charge on any atom is -0.422 e. The van der Waals surface area contributed by atoms with Gasteiger partial charge in [-0.05, 0) is 60.2 Å². The van der Waals surface area contributed by atoms with Crippen LogP contribution in [0.1, 0.15) is 25.6 Å². The number of thiophene rings is 1. The molecule has 0 spiro atoms. The summed E-state index contributed by atoms with van der Waals surface area (Å²) < 4.78 is 6.36. The van der Waals surface area contributed by atoms with Gasteiger partial charge in [-0.25, -0.2) is 10.2 Å². The van der Waals surface area contributed by atoms with E-state index in [-0.39, 0.29) is 5.91 Å². The van der Waals surface area contributed by atoms with E-state index in [4.69, 9.17) is 27.9 Å². The van der Waals surface area contributed by atoms with Gasteiger partial charge in [-0.2, -0.15) is 5.10 Å². The summed E-state index contributed by atoms with van der Waals surface area (Å²) in [7, 11) is 0. The molecule has 5 nitrogen and oxygen atoms in total. The van der Waals surface area contributed by atoms with Gasteiger partial charge in [-0.15, -0.1) is 11.3 Å². The highest BCUT2D eigenvalue weighted by atomic mass is 35.5. The highest BCUT2D eigenvalue weighted by Crippen LogP contribution is 2.35. The van der Waals surface area contributed by atoms with Crippen molar-refractivity contribution in [2.45, 2.75) is 0 Å². The van der Waals surface area contributed by atoms with Crippen LogP contribution in [0.25, 0.3) is 10.1 Å². The quantitative estimate of drug-likeness (QED) is 0.164. The molecule has 0 saturated heterocycles. The van der Waals surface area contributed by atoms with E-state index in [1.54, 1.807) is 48.5 Å². The lowest BCUT2D eigenvalue weighted by Gasteiger charge is -2.03. The Bertz CT molecular complexity index is 1280. The highest BCUT2D eigenvalue weighted by molar-refractivity contribution is 7.21. The first kappa shape index (κ1) is 21.1. The lowest BCUT2D eigenvalue weighted by molar-refractivity contribution is 0.0739. The zero-order valence-electron chi connectivity index (χ0n) is 15.8. The molecule has 1 N–H and O–H groups in total. The zero-order chi connectivity index (χ0) is 21.8. The number of hydrogen-bond donors (Lipinski definition) is 1. The Morgan fingerprint density at radius 3 is 2.35 bits per heavy atom. The summed E-state index contributed by atoms with van der Waals surface area (Å²) in [6.07, 6.45) is 1.49. The van der Waals surface area contributed by atoms with Crippen molar-refractivity contribution in [2.75, 3.05) is 0 Å². The van der Waals surface area contributed by atoms with Crippen molar-refractivity contribution < 1.29 is 14.3 Å². The van der Waals surface area contributed by atoms with Crippen LogP contribution in [0.15, 0.2) is 77.9 Å². The summed E-state index contributed by atoms with van der Waals surface area (Å²) >= 11 is 13.4. The second-order valence-electron chi connectivity index (χ2n) is 6.41. The third-order valence-corrected chi connectivity index (χ3v) is 6.20. The number of rotatable bonds is 5. The molecule has 0 saturated carbocycles. The van der Waals surface area contributed by atoms with Gasteiger partial charge in [0.2, 0.25) is 0 Å². The molecule has 31 heavy (non-hydrogen) atoms. The number of carbonyl (C=O) groups is 2. The lowest BCUT2D eigenvalue weighted by Crippen LogP contribution is -2.17. The minimum absolute atomic E-state index is 0.348. The summed E-state index contributed by atoms with van der Waals surface area (Å²) in [6, 6.07) is 20.7. The molecule has 0 unspecified atom stereocenters. The maximum atomic E-state index is 12.5. The van der Waals surface area contributed by atoms with Gasteiger partial charge in [0.1, 0.15) is 10.6 Å². The monoisotopic (exact) mass is 468 g/mol. The lowest BCUT2D eigenvalue weighted by atomic mass is 10.2. The van der Waals surface area contributed by atoms with Crippen molar-refractivity contribution in [2.24, 2.45) is 5.10 Å². The van der Waals surface area contributed by atoms with Gasteiger partial charge in [0.05, 0.1) is 11.2 Å². The Labute approximate surface area is 191 Å². The Morgan fingerprint density at radius 2 is 1.65 bits per heavy atom. The number of carbonyl (C=O) groups excluding carboxylic acids is 2. The van der Waals surface area contributed by atoms with E-state index in [9.17, 15) is 9.59 Å². The van der Waals surface area contributed by atoms with Crippen LogP contribution in [0.4, 0.5) is 0 Å². The molecule has 0 fully saturated rings. The number of hydrogen-bond acceptors (Lipinski definition) is 5. The van der Waals surface area contributed by atoms with Crippen molar-refractivity contribution in [1.82, 2.24) is 5.43 Å². The number of ether oxygens (including phenoxy) is 1. The van der Waals surface area contributed by atoms with E-state index in [0.29, 0.717) is 26.2 Å². The first-order valence-corrected chi connectivity index (χ1v) is 10.7. The number of hydrazone groups is 1. The van der Waals surface area contributed by atoms with Gasteiger partial charge in [0.25, 0.3) is 5.91 Å². The fourth-order valence-corrected chi connectivity index (χ4v) is 4.26. The maximum absolute atomic E-state index is 12.5. The van der Waals surface area contributed by atoms with Crippen LogP contribution in [0.5, 0.6) is 5.75 Å². The van der Waals surface area contributed by atoms with E-state index in [1.165, 1.54) is 17.6 Å². The highest BCUT2D eigenvalue weighted by Gasteiger charge is 2.18. The average molecular weight is 469 g/mol. The fourth-order valence-electron chi connectivity index (χ4n) is 2.75. The summed E-state index contributed by atoms with van der Waals surface area (Å²) in [6.45, 7) is 0. The molecule has 0 aliphatic carbocycles. The van der Waals surface area contributed by atoms with Gasteiger partial charge >= 0.3 is 5.97 Å². The molecular formula is C23H14Cl2N2O3S. The van der Waals surface area contributed by atoms with Gasteiger partial charge in [-0.1, -0.05) is 41.4 Å². The number of fused-ring (bicyclic) bond motifs is 1. The van der Waals surface area contributed by atoms with Gasteiger partial charge < -0.3 is 4.74 Å². The second-order valence-corrected chi connectivity index (χ2v) is 8.27. The molecule has 1 heterocycles. The largest absolute Gasteiger partial charge is 0.422 e. The predicted molar refractivity (Wildman–Crippen MR) is 125 cm³/mol. The molecule has 0 aliphatic rings. The van der Waals surface area contributed by atoms with Crippen LogP contribution >= 0.6 is 34.5 Å². The second kappa shape index (κ2) is 9.31. The smallest absolute Gasteiger partial charge is 0.355 e. The van der Waals surface area contributed by atoms with Crippen LogP contribution in [-0.2, 0) is 0 Å². The topological polar surface area (TPSA) is 67.8 Å². The van der Waals surface area contributed by atoms with Crippen molar-refractivity contribution in [3.05, 3.63) is 98.8 Å². The molecule has 4 rings (SSSR count). The minimum atomic E-state index is -0.511. The van der Waals surface area contributed by atoms with Crippen molar-refractivity contribution in [3.63, 3.8) is 0 Å². The van der Waals surface area contributed by atoms with Gasteiger partial charge in [-0.3, -0.25) is 4.79 Å². The van der Waals surface area contributed by atoms with Crippen LogP contribution in [-0.4, -0.2) is 18.1 Å². The summed E-state index contributed by atoms with van der Waals surface area (Å²) in [5.74, 6) is -0.484. The molecule has 4 aromatic rings. The molecular weight excluding hydrogens is 455 g/mol. The van der Waals surface area contributed by atoms with E-state index >= 15 is 0 Å². The summed E-state index contributed by atoms with van der Waals surface area (Å²) in [4.78, 5) is 24.9. The predicted octanol–water partition coefficient (Wildman–Crippen LogP) is 6.19. The number of amides is 1. The normalized spacial score (nSPS) is 11.0. The van der Waals surface area contributed by atoms with Crippen LogP contribution in [0, 0.1) is 0 Å². The van der Waals surface area contributed by atoms with E-state index in [1.807, 2.05) is 24.3 Å². The SMILES string of the molecule is O=C(N/N=C/c1ccc(OC(=O)c2sc3ccccc3c2Cl)cc1)c1ccc(Cl)cc1. The molecule has 1 amide bonds. The molecule has 0 aliphatic heterocycles. The number of nitrogens with zero attached hydrogens (tertiary/aromatic N) is 1. The molecule has 3 aromatic carbocycles. The van der Waals surface area contributed by atoms with E-state index < -0.39 is 5.97 Å². The van der Waals surface area contributed by atoms with Crippen LogP contribution in [0.3, 0.4) is 0 Å². The third-order valence-electron chi connectivity index (χ3n) is 4.30. The van der Waals surface area contributed by atoms with Crippen molar-refractivity contribution in [1.29, 1.82) is 0 Å². The van der Waals surface area contributed by atoms with E-state index in [2.05, 4.69) is 10.5 Å². The molecule has 1 aromatic heterocycles. The van der Waals surface area contributed by atoms with Crippen molar-refractivity contribution in [3.8, 4) is 5.75 Å². The fraction of sp³-hybridized carbons (Fsp3) is 0. The molecule has 0 atom stereocenters. The first-order chi connectivity index (χ1) is 15.0. The standard InChI is InChI=1S/C23H14Cl2N2O3S/c24-16-9-7-15(8-10-16)22(28)27-26-13-14-5-11-17(12-6-14)30-23(29)21-20(25)18-3-1-2-4-19(18)31-21/h1-13H,(H,27,28)/b26-13+. The van der Waals surface area contributed by atoms with Crippen LogP contribution in [0.2, 0.25) is 10.0 Å². The maximum Gasteiger partial charge on any atom is 0.355 e. The zero-order valence-corrected chi connectivity index (χ0v) is 18.2. The number of esters is 1. The van der Waals surface area contributed by atoms with Gasteiger partial charge in [0, 0.05) is 20.7 Å². The Hall–Kier alpha value is -3.19. The third kappa shape index (κ3) is 4.94. The number of nitrogens with one attached hydrogen (secondary N) is 1. The summed E-state index contributed by atoms with van der Waals surface area (Å²) in [5, 5.41) is 5.71. The molecule has 8 heteroatoms. The van der Waals surface area contributed by atoms with Crippen LogP contribution < -0.4 is 10.2 Å². The summed E-state index contributed by atoms with van der Waals surface area (Å²) in [5.41, 5.74) is 3.61.